The van der Waals surface area contributed by atoms with Gasteiger partial charge in [-0.1, -0.05) is 12.1 Å². The Morgan fingerprint density at radius 2 is 1.94 bits per heavy atom. The molecule has 1 saturated heterocycles. The van der Waals surface area contributed by atoms with Crippen LogP contribution in [0.4, 0.5) is 4.79 Å². The van der Waals surface area contributed by atoms with E-state index in [9.17, 15) is 9.59 Å². The standard InChI is InChI=1S/C24H29N3O4/c1-24(2,3)31-23(29)26-10-7-18(8-11-26)17-30-21-9-12-27(22(28)14-21)16-20-6-4-5-19(13-20)15-25/h4-6,9,12-14,18H,7-8,10-11,16-17H2,1-3H3. The molecule has 1 amide bonds. The molecule has 0 unspecified atom stereocenters. The van der Waals surface area contributed by atoms with Crippen LogP contribution in [-0.2, 0) is 11.3 Å². The summed E-state index contributed by atoms with van der Waals surface area (Å²) in [7, 11) is 0. The number of benzene rings is 1. The van der Waals surface area contributed by atoms with Gasteiger partial charge in [0.2, 0.25) is 0 Å². The lowest BCUT2D eigenvalue weighted by Gasteiger charge is -2.33. The van der Waals surface area contributed by atoms with Crippen molar-refractivity contribution in [1.29, 1.82) is 5.26 Å². The number of pyridine rings is 1. The van der Waals surface area contributed by atoms with Crippen LogP contribution in [0.15, 0.2) is 47.4 Å². The Balaban J connectivity index is 1.49. The summed E-state index contributed by atoms with van der Waals surface area (Å²) in [5.74, 6) is 0.872. The first-order chi connectivity index (χ1) is 14.7. The zero-order chi connectivity index (χ0) is 22.4. The lowest BCUT2D eigenvalue weighted by molar-refractivity contribution is 0.0165. The third-order valence-electron chi connectivity index (χ3n) is 5.13. The van der Waals surface area contributed by atoms with Gasteiger partial charge in [-0.25, -0.2) is 4.79 Å². The molecule has 3 rings (SSSR count). The van der Waals surface area contributed by atoms with Crippen molar-refractivity contribution in [3.8, 4) is 11.8 Å². The summed E-state index contributed by atoms with van der Waals surface area (Å²) >= 11 is 0. The summed E-state index contributed by atoms with van der Waals surface area (Å²) in [6, 6.07) is 12.6. The highest BCUT2D eigenvalue weighted by molar-refractivity contribution is 5.68. The van der Waals surface area contributed by atoms with E-state index in [-0.39, 0.29) is 11.7 Å². The van der Waals surface area contributed by atoms with Crippen molar-refractivity contribution < 1.29 is 14.3 Å². The van der Waals surface area contributed by atoms with Crippen molar-refractivity contribution in [2.45, 2.75) is 45.8 Å². The average molecular weight is 424 g/mol. The molecule has 1 fully saturated rings. The van der Waals surface area contributed by atoms with Crippen molar-refractivity contribution in [2.24, 2.45) is 5.92 Å². The van der Waals surface area contributed by atoms with Crippen LogP contribution in [0.25, 0.3) is 0 Å². The van der Waals surface area contributed by atoms with Crippen molar-refractivity contribution >= 4 is 6.09 Å². The number of hydrogen-bond donors (Lipinski definition) is 0. The van der Waals surface area contributed by atoms with Gasteiger partial charge in [-0.2, -0.15) is 5.26 Å². The summed E-state index contributed by atoms with van der Waals surface area (Å²) < 4.78 is 12.9. The normalized spacial score (nSPS) is 14.7. The van der Waals surface area contributed by atoms with Crippen LogP contribution in [0.5, 0.6) is 5.75 Å². The summed E-state index contributed by atoms with van der Waals surface area (Å²) in [4.78, 5) is 26.3. The molecule has 1 aliphatic heterocycles. The number of rotatable bonds is 5. The fraction of sp³-hybridized carbons (Fsp3) is 0.458. The third-order valence-corrected chi connectivity index (χ3v) is 5.13. The molecule has 31 heavy (non-hydrogen) atoms. The molecule has 2 heterocycles. The van der Waals surface area contributed by atoms with Crippen LogP contribution in [0.2, 0.25) is 0 Å². The van der Waals surface area contributed by atoms with E-state index in [0.717, 1.165) is 18.4 Å². The van der Waals surface area contributed by atoms with Gasteiger partial charge in [-0.05, 0) is 63.3 Å². The van der Waals surface area contributed by atoms with E-state index in [4.69, 9.17) is 14.7 Å². The van der Waals surface area contributed by atoms with Gasteiger partial charge < -0.3 is 18.9 Å². The lowest BCUT2D eigenvalue weighted by Crippen LogP contribution is -2.42. The zero-order valence-electron chi connectivity index (χ0n) is 18.3. The summed E-state index contributed by atoms with van der Waals surface area (Å²) in [6.07, 6.45) is 3.12. The first-order valence-corrected chi connectivity index (χ1v) is 10.5. The van der Waals surface area contributed by atoms with Gasteiger partial charge in [-0.3, -0.25) is 4.79 Å². The number of amides is 1. The Bertz CT molecular complexity index is 1010. The van der Waals surface area contributed by atoms with Crippen molar-refractivity contribution in [1.82, 2.24) is 9.47 Å². The third kappa shape index (κ3) is 6.61. The van der Waals surface area contributed by atoms with E-state index in [0.29, 0.717) is 43.5 Å². The van der Waals surface area contributed by atoms with Gasteiger partial charge in [0, 0.05) is 25.4 Å². The lowest BCUT2D eigenvalue weighted by atomic mass is 9.98. The number of nitriles is 1. The highest BCUT2D eigenvalue weighted by atomic mass is 16.6. The molecule has 1 aromatic heterocycles. The predicted octanol–water partition coefficient (Wildman–Crippen LogP) is 3.79. The molecule has 0 radical (unpaired) electrons. The maximum Gasteiger partial charge on any atom is 0.410 e. The number of hydrogen-bond acceptors (Lipinski definition) is 5. The maximum atomic E-state index is 12.4. The van der Waals surface area contributed by atoms with E-state index in [1.54, 1.807) is 33.9 Å². The molecule has 2 aromatic rings. The fourth-order valence-electron chi connectivity index (χ4n) is 3.47. The van der Waals surface area contributed by atoms with Crippen molar-refractivity contribution in [3.63, 3.8) is 0 Å². The molecule has 0 bridgehead atoms. The highest BCUT2D eigenvalue weighted by Crippen LogP contribution is 2.21. The molecule has 1 aromatic carbocycles. The van der Waals surface area contributed by atoms with E-state index < -0.39 is 5.60 Å². The second kappa shape index (κ2) is 9.69. The zero-order valence-corrected chi connectivity index (χ0v) is 18.3. The van der Waals surface area contributed by atoms with Crippen molar-refractivity contribution in [2.75, 3.05) is 19.7 Å². The Kier molecular flexibility index (Phi) is 7.01. The molecule has 7 heteroatoms. The van der Waals surface area contributed by atoms with E-state index >= 15 is 0 Å². The maximum absolute atomic E-state index is 12.4. The second-order valence-electron chi connectivity index (χ2n) is 8.86. The van der Waals surface area contributed by atoms with Gasteiger partial charge in [0.1, 0.15) is 11.4 Å². The first kappa shape index (κ1) is 22.4. The molecule has 0 spiro atoms. The number of ether oxygens (including phenoxy) is 2. The van der Waals surface area contributed by atoms with Gasteiger partial charge in [-0.15, -0.1) is 0 Å². The smallest absolute Gasteiger partial charge is 0.410 e. The van der Waals surface area contributed by atoms with Crippen LogP contribution in [-0.4, -0.2) is 40.9 Å². The first-order valence-electron chi connectivity index (χ1n) is 10.5. The Morgan fingerprint density at radius 1 is 1.19 bits per heavy atom. The van der Waals surface area contributed by atoms with Crippen LogP contribution in [0.1, 0.15) is 44.7 Å². The molecule has 0 aliphatic carbocycles. The summed E-state index contributed by atoms with van der Waals surface area (Å²) in [5, 5.41) is 9.01. The molecule has 164 valence electrons. The predicted molar refractivity (Wildman–Crippen MR) is 117 cm³/mol. The topological polar surface area (TPSA) is 84.6 Å². The minimum Gasteiger partial charge on any atom is -0.493 e. The van der Waals surface area contributed by atoms with Gasteiger partial charge in [0.25, 0.3) is 5.56 Å². The molecule has 0 atom stereocenters. The SMILES string of the molecule is CC(C)(C)OC(=O)N1CCC(COc2ccn(Cc3cccc(C#N)c3)c(=O)c2)CC1. The molecule has 7 nitrogen and oxygen atoms in total. The summed E-state index contributed by atoms with van der Waals surface area (Å²) in [5.41, 5.74) is 0.824. The molecule has 0 saturated carbocycles. The van der Waals surface area contributed by atoms with Crippen LogP contribution < -0.4 is 10.3 Å². The van der Waals surface area contributed by atoms with Gasteiger partial charge >= 0.3 is 6.09 Å². The number of aromatic nitrogens is 1. The highest BCUT2D eigenvalue weighted by Gasteiger charge is 2.27. The van der Waals surface area contributed by atoms with Crippen LogP contribution in [0, 0.1) is 17.2 Å². The van der Waals surface area contributed by atoms with Gasteiger partial charge in [0.05, 0.1) is 24.8 Å². The molecule has 1 aliphatic rings. The average Bonchev–Trinajstić information content (AvgIpc) is 2.73. The van der Waals surface area contributed by atoms with Crippen molar-refractivity contribution in [3.05, 3.63) is 64.1 Å². The number of likely N-dealkylation sites (tertiary alicyclic amines) is 1. The van der Waals surface area contributed by atoms with E-state index in [2.05, 4.69) is 6.07 Å². The monoisotopic (exact) mass is 423 g/mol. The van der Waals surface area contributed by atoms with Gasteiger partial charge in [0.15, 0.2) is 0 Å². The van der Waals surface area contributed by atoms with E-state index in [1.165, 1.54) is 6.07 Å². The fourth-order valence-corrected chi connectivity index (χ4v) is 3.47. The molecular weight excluding hydrogens is 394 g/mol. The minimum absolute atomic E-state index is 0.153. The van der Waals surface area contributed by atoms with Crippen LogP contribution >= 0.6 is 0 Å². The number of nitrogens with zero attached hydrogens (tertiary/aromatic N) is 3. The van der Waals surface area contributed by atoms with Crippen LogP contribution in [0.3, 0.4) is 0 Å². The Morgan fingerprint density at radius 3 is 2.58 bits per heavy atom. The number of piperidine rings is 1. The van der Waals surface area contributed by atoms with E-state index in [1.807, 2.05) is 32.9 Å². The number of carbonyl (C=O) groups is 1. The largest absolute Gasteiger partial charge is 0.493 e. The number of carbonyl (C=O) groups excluding carboxylic acids is 1. The molecule has 0 N–H and O–H groups in total. The quantitative estimate of drug-likeness (QED) is 0.730. The second-order valence-corrected chi connectivity index (χ2v) is 8.86. The molecular formula is C24H29N3O4. The Hall–Kier alpha value is -3.27. The summed E-state index contributed by atoms with van der Waals surface area (Å²) in [6.45, 7) is 7.79. The minimum atomic E-state index is -0.490. The Labute approximate surface area is 182 Å².